The quantitative estimate of drug-likeness (QED) is 0.816. The summed E-state index contributed by atoms with van der Waals surface area (Å²) in [6, 6.07) is 8.22. The van der Waals surface area contributed by atoms with E-state index in [1.807, 2.05) is 43.0 Å². The molecule has 3 nitrogen and oxygen atoms in total. The van der Waals surface area contributed by atoms with Gasteiger partial charge in [-0.05, 0) is 51.3 Å². The maximum atomic E-state index is 12.3. The molecule has 112 valence electrons. The molecule has 1 rings (SSSR count). The van der Waals surface area contributed by atoms with Gasteiger partial charge < -0.3 is 10.2 Å². The molecule has 1 aromatic rings. The molecule has 3 heteroatoms. The van der Waals surface area contributed by atoms with Crippen LogP contribution in [0.1, 0.15) is 51.4 Å². The van der Waals surface area contributed by atoms with E-state index in [1.165, 1.54) is 0 Å². The van der Waals surface area contributed by atoms with Crippen LogP contribution in [-0.2, 0) is 0 Å². The van der Waals surface area contributed by atoms with Gasteiger partial charge in [-0.15, -0.1) is 0 Å². The summed E-state index contributed by atoms with van der Waals surface area (Å²) in [5.41, 5.74) is 1.78. The van der Waals surface area contributed by atoms with Gasteiger partial charge in [0.25, 0.3) is 5.91 Å². The van der Waals surface area contributed by atoms with Gasteiger partial charge in [0.15, 0.2) is 0 Å². The van der Waals surface area contributed by atoms with Crippen molar-refractivity contribution in [1.29, 1.82) is 0 Å². The van der Waals surface area contributed by atoms with E-state index in [2.05, 4.69) is 26.1 Å². The lowest BCUT2D eigenvalue weighted by atomic mass is 10.0. The molecule has 0 spiro atoms. The number of amides is 1. The van der Waals surface area contributed by atoms with E-state index < -0.39 is 0 Å². The number of nitrogens with zero attached hydrogens (tertiary/aromatic N) is 1. The van der Waals surface area contributed by atoms with Gasteiger partial charge in [-0.3, -0.25) is 4.79 Å². The molecule has 1 N–H and O–H groups in total. The summed E-state index contributed by atoms with van der Waals surface area (Å²) < 4.78 is 0. The van der Waals surface area contributed by atoms with Gasteiger partial charge in [-0.25, -0.2) is 0 Å². The maximum Gasteiger partial charge on any atom is 0.253 e. The molecule has 1 amide bonds. The summed E-state index contributed by atoms with van der Waals surface area (Å²) in [6.07, 6.45) is 1.12. The Bertz CT molecular complexity index is 425. The van der Waals surface area contributed by atoms with Crippen LogP contribution in [-0.4, -0.2) is 29.9 Å². The minimum Gasteiger partial charge on any atom is -0.383 e. The lowest BCUT2D eigenvalue weighted by molar-refractivity contribution is 0.0773. The van der Waals surface area contributed by atoms with Crippen LogP contribution in [0.15, 0.2) is 24.3 Å². The van der Waals surface area contributed by atoms with Crippen LogP contribution in [0.2, 0.25) is 0 Å². The first-order valence-electron chi connectivity index (χ1n) is 7.63. The predicted molar refractivity (Wildman–Crippen MR) is 86.2 cm³/mol. The van der Waals surface area contributed by atoms with Crippen molar-refractivity contribution in [2.24, 2.45) is 5.92 Å². The highest BCUT2D eigenvalue weighted by molar-refractivity contribution is 5.95. The van der Waals surface area contributed by atoms with E-state index >= 15 is 0 Å². The molecule has 0 aliphatic rings. The van der Waals surface area contributed by atoms with Crippen molar-refractivity contribution in [3.8, 4) is 0 Å². The van der Waals surface area contributed by atoms with E-state index in [4.69, 9.17) is 0 Å². The zero-order valence-electron chi connectivity index (χ0n) is 13.4. The van der Waals surface area contributed by atoms with Crippen LogP contribution < -0.4 is 5.32 Å². The smallest absolute Gasteiger partial charge is 0.253 e. The van der Waals surface area contributed by atoms with E-state index in [0.29, 0.717) is 12.0 Å². The molecule has 0 saturated heterocycles. The molecule has 0 aromatic heterocycles. The molecule has 0 aliphatic carbocycles. The first-order chi connectivity index (χ1) is 9.47. The summed E-state index contributed by atoms with van der Waals surface area (Å²) in [6.45, 7) is 12.1. The third kappa shape index (κ3) is 4.87. The first-order valence-corrected chi connectivity index (χ1v) is 7.63. The molecule has 1 aromatic carbocycles. The molecule has 0 radical (unpaired) electrons. The van der Waals surface area contributed by atoms with Gasteiger partial charge in [-0.1, -0.05) is 19.9 Å². The van der Waals surface area contributed by atoms with E-state index in [-0.39, 0.29) is 5.91 Å². The average molecular weight is 276 g/mol. The van der Waals surface area contributed by atoms with E-state index in [1.54, 1.807) is 0 Å². The van der Waals surface area contributed by atoms with E-state index in [9.17, 15) is 4.79 Å². The normalized spacial score (nSPS) is 12.3. The molecule has 0 heterocycles. The molecular formula is C17H28N2O. The lowest BCUT2D eigenvalue weighted by Crippen LogP contribution is -2.30. The summed E-state index contributed by atoms with van der Waals surface area (Å²) >= 11 is 0. The molecule has 1 unspecified atom stereocenters. The summed E-state index contributed by atoms with van der Waals surface area (Å²) in [7, 11) is 0. The highest BCUT2D eigenvalue weighted by Gasteiger charge is 2.13. The van der Waals surface area contributed by atoms with Gasteiger partial charge in [-0.2, -0.15) is 0 Å². The molecule has 0 fully saturated rings. The third-order valence-electron chi connectivity index (χ3n) is 3.40. The fourth-order valence-corrected chi connectivity index (χ4v) is 2.49. The monoisotopic (exact) mass is 276 g/mol. The van der Waals surface area contributed by atoms with Gasteiger partial charge in [0.05, 0.1) is 0 Å². The Hall–Kier alpha value is -1.51. The van der Waals surface area contributed by atoms with Crippen molar-refractivity contribution in [1.82, 2.24) is 4.90 Å². The molecule has 20 heavy (non-hydrogen) atoms. The molecule has 1 atom stereocenters. The Kier molecular flexibility index (Phi) is 6.56. The Morgan fingerprint density at radius 2 is 1.85 bits per heavy atom. The standard InChI is InChI=1S/C17H28N2O/c1-6-19(7-2)17(20)15-9-8-10-16(12-15)18-14(5)11-13(3)4/h8-10,12-14,18H,6-7,11H2,1-5H3. The van der Waals surface area contributed by atoms with Crippen LogP contribution in [0.25, 0.3) is 0 Å². The molecular weight excluding hydrogens is 248 g/mol. The van der Waals surface area contributed by atoms with Crippen molar-refractivity contribution in [2.75, 3.05) is 18.4 Å². The number of anilines is 1. The minimum absolute atomic E-state index is 0.107. The fraction of sp³-hybridized carbons (Fsp3) is 0.588. The van der Waals surface area contributed by atoms with Gasteiger partial charge >= 0.3 is 0 Å². The Morgan fingerprint density at radius 1 is 1.20 bits per heavy atom. The first kappa shape index (κ1) is 16.5. The van der Waals surface area contributed by atoms with Crippen molar-refractivity contribution in [3.63, 3.8) is 0 Å². The number of rotatable bonds is 7. The third-order valence-corrected chi connectivity index (χ3v) is 3.40. The summed E-state index contributed by atoms with van der Waals surface area (Å²) in [4.78, 5) is 14.2. The van der Waals surface area contributed by atoms with Crippen molar-refractivity contribution >= 4 is 11.6 Å². The highest BCUT2D eigenvalue weighted by atomic mass is 16.2. The van der Waals surface area contributed by atoms with E-state index in [0.717, 1.165) is 30.8 Å². The SMILES string of the molecule is CCN(CC)C(=O)c1cccc(NC(C)CC(C)C)c1. The number of hydrogen-bond donors (Lipinski definition) is 1. The highest BCUT2D eigenvalue weighted by Crippen LogP contribution is 2.16. The zero-order chi connectivity index (χ0) is 15.1. The van der Waals surface area contributed by atoms with Crippen LogP contribution in [0.3, 0.4) is 0 Å². The number of benzene rings is 1. The second kappa shape index (κ2) is 7.93. The fourth-order valence-electron chi connectivity index (χ4n) is 2.49. The zero-order valence-corrected chi connectivity index (χ0v) is 13.4. The Morgan fingerprint density at radius 3 is 2.40 bits per heavy atom. The maximum absolute atomic E-state index is 12.3. The molecule has 0 bridgehead atoms. The lowest BCUT2D eigenvalue weighted by Gasteiger charge is -2.20. The largest absolute Gasteiger partial charge is 0.383 e. The topological polar surface area (TPSA) is 32.3 Å². The average Bonchev–Trinajstić information content (AvgIpc) is 2.39. The van der Waals surface area contributed by atoms with Crippen LogP contribution in [0, 0.1) is 5.92 Å². The van der Waals surface area contributed by atoms with Gasteiger partial charge in [0.1, 0.15) is 0 Å². The Labute approximate surface area is 123 Å². The number of carbonyl (C=O) groups is 1. The molecule has 0 saturated carbocycles. The van der Waals surface area contributed by atoms with Crippen molar-refractivity contribution < 1.29 is 4.79 Å². The van der Waals surface area contributed by atoms with Gasteiger partial charge in [0, 0.05) is 30.4 Å². The Balaban J connectivity index is 2.77. The summed E-state index contributed by atoms with van der Waals surface area (Å²) in [5.74, 6) is 0.771. The predicted octanol–water partition coefficient (Wildman–Crippen LogP) is 4.02. The van der Waals surface area contributed by atoms with Crippen molar-refractivity contribution in [3.05, 3.63) is 29.8 Å². The minimum atomic E-state index is 0.107. The molecule has 0 aliphatic heterocycles. The number of nitrogens with one attached hydrogen (secondary N) is 1. The van der Waals surface area contributed by atoms with Crippen LogP contribution in [0.5, 0.6) is 0 Å². The van der Waals surface area contributed by atoms with Crippen LogP contribution >= 0.6 is 0 Å². The number of hydrogen-bond acceptors (Lipinski definition) is 2. The number of carbonyl (C=O) groups excluding carboxylic acids is 1. The second-order valence-corrected chi connectivity index (χ2v) is 5.73. The van der Waals surface area contributed by atoms with Crippen molar-refractivity contribution in [2.45, 2.75) is 47.1 Å². The summed E-state index contributed by atoms with van der Waals surface area (Å²) in [5, 5.41) is 3.47. The second-order valence-electron chi connectivity index (χ2n) is 5.73. The van der Waals surface area contributed by atoms with Crippen LogP contribution in [0.4, 0.5) is 5.69 Å². The van der Waals surface area contributed by atoms with Gasteiger partial charge in [0.2, 0.25) is 0 Å².